The van der Waals surface area contributed by atoms with Crippen LogP contribution in [0.2, 0.25) is 0 Å². The molecule has 2 aliphatic heterocycles. The van der Waals surface area contributed by atoms with Crippen LogP contribution in [0.5, 0.6) is 0 Å². The Kier molecular flexibility index (Phi) is 5.34. The van der Waals surface area contributed by atoms with E-state index >= 15 is 0 Å². The molecule has 2 aromatic rings. The van der Waals surface area contributed by atoms with Crippen molar-refractivity contribution in [3.8, 4) is 0 Å². The maximum absolute atomic E-state index is 12.6. The predicted octanol–water partition coefficient (Wildman–Crippen LogP) is 1.86. The van der Waals surface area contributed by atoms with Crippen LogP contribution in [0.15, 0.2) is 54.6 Å². The number of hydrogen-bond donors (Lipinski definition) is 1. The first kappa shape index (κ1) is 18.6. The third kappa shape index (κ3) is 3.89. The highest BCUT2D eigenvalue weighted by Gasteiger charge is 2.42. The average Bonchev–Trinajstić information content (AvgIpc) is 3.22. The lowest BCUT2D eigenvalue weighted by molar-refractivity contribution is -0.153. The zero-order valence-corrected chi connectivity index (χ0v) is 16.2. The Morgan fingerprint density at radius 1 is 1.04 bits per heavy atom. The lowest BCUT2D eigenvalue weighted by Crippen LogP contribution is -2.57. The maximum atomic E-state index is 12.6. The van der Waals surface area contributed by atoms with Gasteiger partial charge in [-0.3, -0.25) is 14.4 Å². The Balaban J connectivity index is 1.36. The molecule has 0 radical (unpaired) electrons. The molecule has 144 valence electrons. The molecule has 0 spiro atoms. The molecule has 6 nitrogen and oxygen atoms in total. The van der Waals surface area contributed by atoms with Crippen LogP contribution >= 0.6 is 11.8 Å². The molecule has 2 heterocycles. The van der Waals surface area contributed by atoms with Crippen molar-refractivity contribution in [2.24, 2.45) is 0 Å². The van der Waals surface area contributed by atoms with Gasteiger partial charge in [-0.2, -0.15) is 0 Å². The molecular weight excluding hydrogens is 374 g/mol. The Hall–Kier alpha value is -2.80. The molecule has 0 bridgehead atoms. The summed E-state index contributed by atoms with van der Waals surface area (Å²) in [7, 11) is 0. The topological polar surface area (TPSA) is 69.7 Å². The van der Waals surface area contributed by atoms with Crippen molar-refractivity contribution in [2.75, 3.05) is 18.2 Å². The number of nitrogens with one attached hydrogen (secondary N) is 1. The van der Waals surface area contributed by atoms with Gasteiger partial charge in [0.2, 0.25) is 11.8 Å². The molecule has 0 aromatic heterocycles. The van der Waals surface area contributed by atoms with E-state index in [1.54, 1.807) is 33.7 Å². The average molecular weight is 395 g/mol. The van der Waals surface area contributed by atoms with Crippen molar-refractivity contribution in [2.45, 2.75) is 19.1 Å². The maximum Gasteiger partial charge on any atom is 0.251 e. The van der Waals surface area contributed by atoms with E-state index in [4.69, 9.17) is 0 Å². The molecule has 1 N–H and O–H groups in total. The van der Waals surface area contributed by atoms with Gasteiger partial charge in [-0.1, -0.05) is 42.5 Å². The van der Waals surface area contributed by atoms with Gasteiger partial charge in [0, 0.05) is 24.4 Å². The van der Waals surface area contributed by atoms with Crippen molar-refractivity contribution in [1.82, 2.24) is 15.1 Å². The van der Waals surface area contributed by atoms with Gasteiger partial charge in [0.15, 0.2) is 0 Å². The zero-order chi connectivity index (χ0) is 19.5. The Morgan fingerprint density at radius 3 is 2.54 bits per heavy atom. The summed E-state index contributed by atoms with van der Waals surface area (Å²) in [6, 6.07) is 16.6. The molecule has 2 saturated heterocycles. The second kappa shape index (κ2) is 8.06. The van der Waals surface area contributed by atoms with E-state index in [1.165, 1.54) is 0 Å². The molecule has 0 saturated carbocycles. The van der Waals surface area contributed by atoms with E-state index in [2.05, 4.69) is 5.32 Å². The first-order chi connectivity index (χ1) is 13.6. The van der Waals surface area contributed by atoms with Gasteiger partial charge in [0.25, 0.3) is 5.91 Å². The number of amides is 3. The minimum absolute atomic E-state index is 0.00603. The molecule has 0 aliphatic carbocycles. The van der Waals surface area contributed by atoms with Gasteiger partial charge in [-0.05, 0) is 23.3 Å². The minimum Gasteiger partial charge on any atom is -0.348 e. The van der Waals surface area contributed by atoms with E-state index in [9.17, 15) is 14.4 Å². The Bertz CT molecular complexity index is 886. The number of rotatable bonds is 5. The third-order valence-corrected chi connectivity index (χ3v) is 6.02. The van der Waals surface area contributed by atoms with Crippen molar-refractivity contribution in [3.63, 3.8) is 0 Å². The molecule has 2 aliphatic rings. The summed E-state index contributed by atoms with van der Waals surface area (Å²) in [5.74, 6) is 1.15. The summed E-state index contributed by atoms with van der Waals surface area (Å²) < 4.78 is 0. The highest BCUT2D eigenvalue weighted by atomic mass is 32.2. The quantitative estimate of drug-likeness (QED) is 0.839. The summed E-state index contributed by atoms with van der Waals surface area (Å²) >= 11 is 1.62. The fourth-order valence-electron chi connectivity index (χ4n) is 3.43. The smallest absolute Gasteiger partial charge is 0.251 e. The first-order valence-electron chi connectivity index (χ1n) is 9.19. The summed E-state index contributed by atoms with van der Waals surface area (Å²) in [5, 5.41) is 2.90. The number of fused-ring (bicyclic) bond motifs is 1. The summed E-state index contributed by atoms with van der Waals surface area (Å²) in [6.45, 7) is 0.975. The SMILES string of the molecule is O=C(NCc1ccccc1)c1ccc(CN2CC(=O)N3CSCC3C2=O)cc1. The highest BCUT2D eigenvalue weighted by molar-refractivity contribution is 7.99. The number of benzene rings is 2. The van der Waals surface area contributed by atoms with Gasteiger partial charge in [0.05, 0.1) is 5.88 Å². The van der Waals surface area contributed by atoms with Gasteiger partial charge in [-0.25, -0.2) is 0 Å². The second-order valence-electron chi connectivity index (χ2n) is 6.94. The lowest BCUT2D eigenvalue weighted by atomic mass is 10.1. The lowest BCUT2D eigenvalue weighted by Gasteiger charge is -2.35. The van der Waals surface area contributed by atoms with Gasteiger partial charge in [-0.15, -0.1) is 11.8 Å². The molecule has 2 aromatic carbocycles. The van der Waals surface area contributed by atoms with E-state index in [0.29, 0.717) is 30.3 Å². The van der Waals surface area contributed by atoms with Gasteiger partial charge < -0.3 is 15.1 Å². The van der Waals surface area contributed by atoms with Crippen LogP contribution in [-0.4, -0.2) is 51.7 Å². The summed E-state index contributed by atoms with van der Waals surface area (Å²) in [4.78, 5) is 40.4. The Morgan fingerprint density at radius 2 is 1.79 bits per heavy atom. The molecule has 1 unspecified atom stereocenters. The van der Waals surface area contributed by atoms with E-state index < -0.39 is 0 Å². The molecule has 4 rings (SSSR count). The normalized spacial score (nSPS) is 18.9. The minimum atomic E-state index is -0.325. The molecule has 1 atom stereocenters. The van der Waals surface area contributed by atoms with Crippen molar-refractivity contribution in [3.05, 3.63) is 71.3 Å². The molecule has 7 heteroatoms. The van der Waals surface area contributed by atoms with E-state index in [1.807, 2.05) is 42.5 Å². The van der Waals surface area contributed by atoms with Crippen molar-refractivity contribution < 1.29 is 14.4 Å². The fraction of sp³-hybridized carbons (Fsp3) is 0.286. The van der Waals surface area contributed by atoms with Crippen LogP contribution in [0.1, 0.15) is 21.5 Å². The predicted molar refractivity (Wildman–Crippen MR) is 107 cm³/mol. The molecular formula is C21H21N3O3S. The summed E-state index contributed by atoms with van der Waals surface area (Å²) in [5.41, 5.74) is 2.51. The van der Waals surface area contributed by atoms with E-state index in [-0.39, 0.29) is 30.3 Å². The van der Waals surface area contributed by atoms with Crippen LogP contribution in [0.4, 0.5) is 0 Å². The highest BCUT2D eigenvalue weighted by Crippen LogP contribution is 2.26. The van der Waals surface area contributed by atoms with Crippen LogP contribution in [0.25, 0.3) is 0 Å². The largest absolute Gasteiger partial charge is 0.348 e. The number of nitrogens with zero attached hydrogens (tertiary/aromatic N) is 2. The van der Waals surface area contributed by atoms with Crippen molar-refractivity contribution in [1.29, 1.82) is 0 Å². The monoisotopic (exact) mass is 395 g/mol. The zero-order valence-electron chi connectivity index (χ0n) is 15.3. The van der Waals surface area contributed by atoms with Crippen LogP contribution < -0.4 is 5.32 Å². The van der Waals surface area contributed by atoms with Gasteiger partial charge in [0.1, 0.15) is 12.6 Å². The van der Waals surface area contributed by atoms with Crippen LogP contribution in [0.3, 0.4) is 0 Å². The number of carbonyl (C=O) groups is 3. The third-order valence-electron chi connectivity index (χ3n) is 5.01. The number of hydrogen-bond acceptors (Lipinski definition) is 4. The second-order valence-corrected chi connectivity index (χ2v) is 7.94. The van der Waals surface area contributed by atoms with E-state index in [0.717, 1.165) is 11.1 Å². The summed E-state index contributed by atoms with van der Waals surface area (Å²) in [6.07, 6.45) is 0. The van der Waals surface area contributed by atoms with Crippen molar-refractivity contribution >= 4 is 29.5 Å². The first-order valence-corrected chi connectivity index (χ1v) is 10.3. The Labute approximate surface area is 167 Å². The number of carbonyl (C=O) groups excluding carboxylic acids is 3. The van der Waals surface area contributed by atoms with Crippen LogP contribution in [-0.2, 0) is 22.7 Å². The standard InChI is InChI=1S/C21H21N3O3S/c25-19-12-23(21(27)18-13-28-14-24(18)19)11-16-6-8-17(9-7-16)20(26)22-10-15-4-2-1-3-5-15/h1-9,18H,10-14H2,(H,22,26). The number of piperazine rings is 1. The molecule has 3 amide bonds. The molecule has 2 fully saturated rings. The molecule has 28 heavy (non-hydrogen) atoms. The van der Waals surface area contributed by atoms with Crippen LogP contribution in [0, 0.1) is 0 Å². The van der Waals surface area contributed by atoms with Gasteiger partial charge >= 0.3 is 0 Å². The number of thioether (sulfide) groups is 1. The fourth-order valence-corrected chi connectivity index (χ4v) is 4.60.